The predicted molar refractivity (Wildman–Crippen MR) is 81.4 cm³/mol. The van der Waals surface area contributed by atoms with Crippen molar-refractivity contribution in [3.63, 3.8) is 0 Å². The summed E-state index contributed by atoms with van der Waals surface area (Å²) in [5, 5.41) is 3.30. The highest BCUT2D eigenvalue weighted by Gasteiger charge is 2.10. The van der Waals surface area contributed by atoms with Crippen molar-refractivity contribution in [1.29, 1.82) is 0 Å². The zero-order valence-electron chi connectivity index (χ0n) is 11.9. The van der Waals surface area contributed by atoms with Crippen molar-refractivity contribution in [1.82, 2.24) is 0 Å². The summed E-state index contributed by atoms with van der Waals surface area (Å²) < 4.78 is 4.72. The molecule has 0 aliphatic rings. The molecule has 4 nitrogen and oxygen atoms in total. The maximum absolute atomic E-state index is 11.6. The van der Waals surface area contributed by atoms with Crippen LogP contribution in [-0.4, -0.2) is 13.1 Å². The molecule has 0 fully saturated rings. The molecular weight excluding hydrogens is 252 g/mol. The Morgan fingerprint density at radius 1 is 1.15 bits per heavy atom. The number of rotatable bonds is 3. The fourth-order valence-electron chi connectivity index (χ4n) is 2.06. The average molecular weight is 270 g/mol. The Bertz CT molecular complexity index is 631. The number of carbonyl (C=O) groups is 1. The van der Waals surface area contributed by atoms with Crippen LogP contribution in [0.25, 0.3) is 0 Å². The van der Waals surface area contributed by atoms with Crippen LogP contribution in [0.5, 0.6) is 0 Å². The smallest absolute Gasteiger partial charge is 0.337 e. The van der Waals surface area contributed by atoms with E-state index in [0.717, 1.165) is 16.8 Å². The third-order valence-corrected chi connectivity index (χ3v) is 3.22. The van der Waals surface area contributed by atoms with E-state index in [4.69, 9.17) is 10.5 Å². The monoisotopic (exact) mass is 270 g/mol. The van der Waals surface area contributed by atoms with E-state index in [-0.39, 0.29) is 5.97 Å². The number of anilines is 3. The van der Waals surface area contributed by atoms with E-state index in [0.29, 0.717) is 16.9 Å². The molecule has 2 rings (SSSR count). The third kappa shape index (κ3) is 2.74. The van der Waals surface area contributed by atoms with Gasteiger partial charge >= 0.3 is 5.97 Å². The van der Waals surface area contributed by atoms with Crippen LogP contribution in [-0.2, 0) is 4.74 Å². The Kier molecular flexibility index (Phi) is 3.94. The largest absolute Gasteiger partial charge is 0.465 e. The fourth-order valence-corrected chi connectivity index (χ4v) is 2.06. The van der Waals surface area contributed by atoms with E-state index in [2.05, 4.69) is 5.32 Å². The van der Waals surface area contributed by atoms with Gasteiger partial charge in [-0.25, -0.2) is 4.79 Å². The van der Waals surface area contributed by atoms with Crippen LogP contribution in [0.15, 0.2) is 36.4 Å². The highest BCUT2D eigenvalue weighted by molar-refractivity contribution is 5.92. The molecule has 0 spiro atoms. The van der Waals surface area contributed by atoms with Crippen LogP contribution in [0, 0.1) is 13.8 Å². The van der Waals surface area contributed by atoms with E-state index in [1.54, 1.807) is 18.2 Å². The number of ether oxygens (including phenoxy) is 1. The Morgan fingerprint density at radius 3 is 2.40 bits per heavy atom. The molecular formula is C16H18N2O2. The third-order valence-electron chi connectivity index (χ3n) is 3.22. The molecule has 0 radical (unpaired) electrons. The van der Waals surface area contributed by atoms with Crippen molar-refractivity contribution in [3.8, 4) is 0 Å². The number of nitrogen functional groups attached to an aromatic ring is 1. The number of esters is 1. The highest BCUT2D eigenvalue weighted by atomic mass is 16.5. The van der Waals surface area contributed by atoms with E-state index in [9.17, 15) is 4.79 Å². The summed E-state index contributed by atoms with van der Waals surface area (Å²) >= 11 is 0. The van der Waals surface area contributed by atoms with E-state index in [1.807, 2.05) is 32.0 Å². The molecule has 0 amide bonds. The fraction of sp³-hybridized carbons (Fsp3) is 0.188. The summed E-state index contributed by atoms with van der Waals surface area (Å²) in [6, 6.07) is 11.1. The SMILES string of the molecule is COC(=O)c1ccc(N)c(Nc2c(C)cccc2C)c1. The van der Waals surface area contributed by atoms with Gasteiger partial charge in [0.1, 0.15) is 0 Å². The van der Waals surface area contributed by atoms with Crippen molar-refractivity contribution < 1.29 is 9.53 Å². The minimum Gasteiger partial charge on any atom is -0.465 e. The molecule has 4 heteroatoms. The molecule has 0 aliphatic carbocycles. The molecule has 0 unspecified atom stereocenters. The minimum atomic E-state index is -0.380. The molecule has 0 aliphatic heterocycles. The average Bonchev–Trinajstić information content (AvgIpc) is 2.44. The lowest BCUT2D eigenvalue weighted by Gasteiger charge is -2.15. The number of para-hydroxylation sites is 1. The second kappa shape index (κ2) is 5.65. The molecule has 104 valence electrons. The van der Waals surface area contributed by atoms with Crippen molar-refractivity contribution in [2.45, 2.75) is 13.8 Å². The van der Waals surface area contributed by atoms with Gasteiger partial charge in [-0.1, -0.05) is 18.2 Å². The highest BCUT2D eigenvalue weighted by Crippen LogP contribution is 2.28. The van der Waals surface area contributed by atoms with Gasteiger partial charge in [0, 0.05) is 5.69 Å². The number of nitrogens with two attached hydrogens (primary N) is 1. The maximum Gasteiger partial charge on any atom is 0.337 e. The van der Waals surface area contributed by atoms with Gasteiger partial charge < -0.3 is 15.8 Å². The Labute approximate surface area is 118 Å². The lowest BCUT2D eigenvalue weighted by Crippen LogP contribution is -2.05. The summed E-state index contributed by atoms with van der Waals surface area (Å²) in [5.41, 5.74) is 11.0. The molecule has 0 saturated carbocycles. The van der Waals surface area contributed by atoms with Crippen molar-refractivity contribution >= 4 is 23.0 Å². The van der Waals surface area contributed by atoms with Gasteiger partial charge in [-0.05, 0) is 43.2 Å². The summed E-state index contributed by atoms with van der Waals surface area (Å²) in [7, 11) is 1.36. The van der Waals surface area contributed by atoms with Crippen LogP contribution < -0.4 is 11.1 Å². The second-order valence-corrected chi connectivity index (χ2v) is 4.69. The van der Waals surface area contributed by atoms with E-state index in [1.165, 1.54) is 7.11 Å². The number of aryl methyl sites for hydroxylation is 2. The van der Waals surface area contributed by atoms with Crippen LogP contribution in [0.4, 0.5) is 17.1 Å². The lowest BCUT2D eigenvalue weighted by molar-refractivity contribution is 0.0601. The van der Waals surface area contributed by atoms with Gasteiger partial charge in [0.05, 0.1) is 24.0 Å². The number of hydrogen-bond donors (Lipinski definition) is 2. The number of nitrogens with one attached hydrogen (secondary N) is 1. The Morgan fingerprint density at radius 2 is 1.80 bits per heavy atom. The van der Waals surface area contributed by atoms with Crippen molar-refractivity contribution in [2.24, 2.45) is 0 Å². The lowest BCUT2D eigenvalue weighted by atomic mass is 10.1. The van der Waals surface area contributed by atoms with E-state index < -0.39 is 0 Å². The molecule has 2 aromatic carbocycles. The van der Waals surface area contributed by atoms with Crippen LogP contribution in [0.2, 0.25) is 0 Å². The van der Waals surface area contributed by atoms with Crippen LogP contribution in [0.3, 0.4) is 0 Å². The van der Waals surface area contributed by atoms with Gasteiger partial charge in [-0.2, -0.15) is 0 Å². The van der Waals surface area contributed by atoms with Crippen LogP contribution in [0.1, 0.15) is 21.5 Å². The quantitative estimate of drug-likeness (QED) is 0.662. The molecule has 20 heavy (non-hydrogen) atoms. The number of hydrogen-bond acceptors (Lipinski definition) is 4. The number of benzene rings is 2. The van der Waals surface area contributed by atoms with Gasteiger partial charge in [0.15, 0.2) is 0 Å². The van der Waals surface area contributed by atoms with Gasteiger partial charge in [-0.15, -0.1) is 0 Å². The zero-order valence-corrected chi connectivity index (χ0v) is 11.9. The summed E-state index contributed by atoms with van der Waals surface area (Å²) in [6.07, 6.45) is 0. The first-order valence-electron chi connectivity index (χ1n) is 6.34. The van der Waals surface area contributed by atoms with Crippen LogP contribution >= 0.6 is 0 Å². The molecule has 2 aromatic rings. The second-order valence-electron chi connectivity index (χ2n) is 4.69. The first kappa shape index (κ1) is 13.9. The van der Waals surface area contributed by atoms with Crippen molar-refractivity contribution in [3.05, 3.63) is 53.1 Å². The number of methoxy groups -OCH3 is 1. The zero-order chi connectivity index (χ0) is 14.7. The first-order valence-corrected chi connectivity index (χ1v) is 6.34. The van der Waals surface area contributed by atoms with Gasteiger partial charge in [0.2, 0.25) is 0 Å². The summed E-state index contributed by atoms with van der Waals surface area (Å²) in [5.74, 6) is -0.380. The minimum absolute atomic E-state index is 0.380. The summed E-state index contributed by atoms with van der Waals surface area (Å²) in [4.78, 5) is 11.6. The first-order chi connectivity index (χ1) is 9.52. The van der Waals surface area contributed by atoms with E-state index >= 15 is 0 Å². The molecule has 0 bridgehead atoms. The predicted octanol–water partition coefficient (Wildman–Crippen LogP) is 3.42. The molecule has 0 heterocycles. The summed E-state index contributed by atoms with van der Waals surface area (Å²) in [6.45, 7) is 4.05. The maximum atomic E-state index is 11.6. The Balaban J connectivity index is 2.40. The molecule has 0 saturated heterocycles. The topological polar surface area (TPSA) is 64.3 Å². The van der Waals surface area contributed by atoms with Gasteiger partial charge in [0.25, 0.3) is 0 Å². The van der Waals surface area contributed by atoms with Gasteiger partial charge in [-0.3, -0.25) is 0 Å². The molecule has 0 atom stereocenters. The number of carbonyl (C=O) groups excluding carboxylic acids is 1. The standard InChI is InChI=1S/C16H18N2O2/c1-10-5-4-6-11(2)15(10)18-14-9-12(16(19)20-3)7-8-13(14)17/h4-9,18H,17H2,1-3H3. The molecule has 0 aromatic heterocycles. The molecule has 3 N–H and O–H groups in total. The Hall–Kier alpha value is -2.49. The van der Waals surface area contributed by atoms with Crippen molar-refractivity contribution in [2.75, 3.05) is 18.2 Å². The normalized spacial score (nSPS) is 10.2.